The molecule has 0 unspecified atom stereocenters. The second-order valence-electron chi connectivity index (χ2n) is 2.08. The smallest absolute Gasteiger partial charge is 0.436 e. The fourth-order valence-corrected chi connectivity index (χ4v) is 0.746. The molecule has 5 heteroatoms. The first-order valence-corrected chi connectivity index (χ1v) is 3.13. The van der Waals surface area contributed by atoms with E-state index in [-0.39, 0.29) is 16.5 Å². The summed E-state index contributed by atoms with van der Waals surface area (Å²) < 4.78 is 0. The molecule has 0 aliphatic carbocycles. The van der Waals surface area contributed by atoms with Crippen LogP contribution in [0, 0.1) is 0 Å². The molecule has 0 spiro atoms. The van der Waals surface area contributed by atoms with Gasteiger partial charge in [0, 0.05) is 0 Å². The predicted molar refractivity (Wildman–Crippen MR) is 40.4 cm³/mol. The number of amides is 1. The monoisotopic (exact) mass is 169 g/mol. The van der Waals surface area contributed by atoms with E-state index in [2.05, 4.69) is 0 Å². The van der Waals surface area contributed by atoms with Gasteiger partial charge in [-0.3, -0.25) is 5.21 Å². The summed E-state index contributed by atoms with van der Waals surface area (Å²) in [6.07, 6.45) is -1.54. The van der Waals surface area contributed by atoms with Crippen LogP contribution in [0.2, 0.25) is 0 Å². The Kier molecular flexibility index (Phi) is 2.16. The van der Waals surface area contributed by atoms with Gasteiger partial charge in [0.1, 0.15) is 11.4 Å². The number of para-hydroxylation sites is 2. The first-order chi connectivity index (χ1) is 5.63. The van der Waals surface area contributed by atoms with Gasteiger partial charge < -0.3 is 10.2 Å². The Balaban J connectivity index is 3.02. The van der Waals surface area contributed by atoms with Crippen molar-refractivity contribution in [3.63, 3.8) is 0 Å². The van der Waals surface area contributed by atoms with Crippen LogP contribution < -0.4 is 5.06 Å². The molecule has 1 aromatic carbocycles. The van der Waals surface area contributed by atoms with Gasteiger partial charge >= 0.3 is 6.09 Å². The molecule has 1 aromatic rings. The highest BCUT2D eigenvalue weighted by atomic mass is 16.6. The van der Waals surface area contributed by atoms with Crippen LogP contribution in [-0.4, -0.2) is 21.5 Å². The fourth-order valence-electron chi connectivity index (χ4n) is 0.746. The zero-order valence-electron chi connectivity index (χ0n) is 6.01. The van der Waals surface area contributed by atoms with Gasteiger partial charge in [0.2, 0.25) is 0 Å². The molecule has 3 N–H and O–H groups in total. The maximum absolute atomic E-state index is 10.2. The highest BCUT2D eigenvalue weighted by molar-refractivity contribution is 5.85. The number of carbonyl (C=O) groups is 1. The number of hydrogen-bond acceptors (Lipinski definition) is 3. The minimum absolute atomic E-state index is 0.0463. The minimum atomic E-state index is -1.54. The minimum Gasteiger partial charge on any atom is -0.506 e. The Hall–Kier alpha value is -1.75. The molecule has 0 aromatic heterocycles. The first kappa shape index (κ1) is 8.35. The van der Waals surface area contributed by atoms with Gasteiger partial charge in [-0.15, -0.1) is 0 Å². The Morgan fingerprint density at radius 2 is 1.92 bits per heavy atom. The normalized spacial score (nSPS) is 9.42. The highest BCUT2D eigenvalue weighted by Crippen LogP contribution is 2.24. The summed E-state index contributed by atoms with van der Waals surface area (Å²) in [5.74, 6) is -0.289. The van der Waals surface area contributed by atoms with Crippen molar-refractivity contribution in [3.05, 3.63) is 24.3 Å². The van der Waals surface area contributed by atoms with Gasteiger partial charge in [0.05, 0.1) is 0 Å². The SMILES string of the molecule is O=C(O)N(O)c1ccccc1O. The number of phenolic OH excluding ortho intramolecular Hbond substituents is 1. The number of benzene rings is 1. The molecule has 0 bridgehead atoms. The van der Waals surface area contributed by atoms with E-state index in [1.165, 1.54) is 24.3 Å². The number of nitrogens with zero attached hydrogens (tertiary/aromatic N) is 1. The second kappa shape index (κ2) is 3.10. The molecular formula is C7H7NO4. The van der Waals surface area contributed by atoms with Crippen molar-refractivity contribution in [2.45, 2.75) is 0 Å². The maximum Gasteiger partial charge on any atom is 0.436 e. The second-order valence-corrected chi connectivity index (χ2v) is 2.08. The van der Waals surface area contributed by atoms with Crippen molar-refractivity contribution in [1.29, 1.82) is 0 Å². The standard InChI is InChI=1S/C7H7NO4/c9-6-4-2-1-3-5(6)8(12)7(10)11/h1-4,9,12H,(H,10,11). The van der Waals surface area contributed by atoms with E-state index in [0.717, 1.165) is 0 Å². The van der Waals surface area contributed by atoms with E-state index in [9.17, 15) is 4.79 Å². The number of rotatable bonds is 1. The van der Waals surface area contributed by atoms with Gasteiger partial charge in [-0.1, -0.05) is 12.1 Å². The van der Waals surface area contributed by atoms with Gasteiger partial charge in [-0.2, -0.15) is 5.06 Å². The number of anilines is 1. The maximum atomic E-state index is 10.2. The Bertz CT molecular complexity index is 299. The molecule has 0 saturated carbocycles. The van der Waals surface area contributed by atoms with Crippen LogP contribution in [-0.2, 0) is 0 Å². The van der Waals surface area contributed by atoms with E-state index >= 15 is 0 Å². The van der Waals surface area contributed by atoms with Gasteiger partial charge in [-0.25, -0.2) is 4.79 Å². The molecule has 5 nitrogen and oxygen atoms in total. The number of hydroxylamine groups is 1. The van der Waals surface area contributed by atoms with Crippen molar-refractivity contribution in [3.8, 4) is 5.75 Å². The first-order valence-electron chi connectivity index (χ1n) is 3.13. The van der Waals surface area contributed by atoms with Crippen molar-refractivity contribution in [2.75, 3.05) is 5.06 Å². The van der Waals surface area contributed by atoms with Crippen molar-refractivity contribution in [2.24, 2.45) is 0 Å². The summed E-state index contributed by atoms with van der Waals surface area (Å²) in [7, 11) is 0. The Labute approximate surface area is 68.1 Å². The molecule has 0 fully saturated rings. The summed E-state index contributed by atoms with van der Waals surface area (Å²) in [6, 6.07) is 5.58. The van der Waals surface area contributed by atoms with Crippen LogP contribution in [0.25, 0.3) is 0 Å². The van der Waals surface area contributed by atoms with E-state index < -0.39 is 6.09 Å². The van der Waals surface area contributed by atoms with Crippen molar-refractivity contribution >= 4 is 11.8 Å². The molecule has 0 aliphatic rings. The summed E-state index contributed by atoms with van der Waals surface area (Å²) >= 11 is 0. The molecule has 1 amide bonds. The van der Waals surface area contributed by atoms with Crippen LogP contribution in [0.5, 0.6) is 5.75 Å². The Morgan fingerprint density at radius 1 is 1.33 bits per heavy atom. The lowest BCUT2D eigenvalue weighted by atomic mass is 10.3. The number of carboxylic acid groups (broad SMARTS) is 1. The average Bonchev–Trinajstić information content (AvgIpc) is 2.04. The van der Waals surface area contributed by atoms with E-state index in [1.54, 1.807) is 0 Å². The molecule has 0 atom stereocenters. The number of phenols is 1. The van der Waals surface area contributed by atoms with Crippen LogP contribution in [0.3, 0.4) is 0 Å². The molecule has 0 saturated heterocycles. The summed E-state index contributed by atoms with van der Waals surface area (Å²) in [5.41, 5.74) is -0.162. The molecule has 12 heavy (non-hydrogen) atoms. The summed E-state index contributed by atoms with van der Waals surface area (Å²) in [5, 5.41) is 26.2. The fraction of sp³-hybridized carbons (Fsp3) is 0. The highest BCUT2D eigenvalue weighted by Gasteiger charge is 2.13. The molecule has 0 heterocycles. The Morgan fingerprint density at radius 3 is 2.42 bits per heavy atom. The third kappa shape index (κ3) is 1.46. The van der Waals surface area contributed by atoms with Gasteiger partial charge in [-0.05, 0) is 12.1 Å². The van der Waals surface area contributed by atoms with Crippen molar-refractivity contribution < 1.29 is 20.2 Å². The van der Waals surface area contributed by atoms with Crippen LogP contribution in [0.15, 0.2) is 24.3 Å². The van der Waals surface area contributed by atoms with E-state index in [0.29, 0.717) is 0 Å². The molecule has 0 aliphatic heterocycles. The average molecular weight is 169 g/mol. The lowest BCUT2D eigenvalue weighted by Gasteiger charge is -2.11. The van der Waals surface area contributed by atoms with E-state index in [1.807, 2.05) is 0 Å². The number of hydrogen-bond donors (Lipinski definition) is 3. The van der Waals surface area contributed by atoms with E-state index in [4.69, 9.17) is 15.4 Å². The third-order valence-electron chi connectivity index (χ3n) is 1.29. The van der Waals surface area contributed by atoms with Gasteiger partial charge in [0.25, 0.3) is 0 Å². The number of aromatic hydroxyl groups is 1. The topological polar surface area (TPSA) is 81.0 Å². The van der Waals surface area contributed by atoms with Crippen molar-refractivity contribution in [1.82, 2.24) is 0 Å². The van der Waals surface area contributed by atoms with Crippen LogP contribution in [0.4, 0.5) is 10.5 Å². The zero-order chi connectivity index (χ0) is 9.14. The lowest BCUT2D eigenvalue weighted by Crippen LogP contribution is -2.24. The zero-order valence-corrected chi connectivity index (χ0v) is 6.01. The predicted octanol–water partition coefficient (Wildman–Crippen LogP) is 1.27. The molecule has 64 valence electrons. The summed E-state index contributed by atoms with van der Waals surface area (Å²) in [6.45, 7) is 0. The molecule has 0 radical (unpaired) electrons. The third-order valence-corrected chi connectivity index (χ3v) is 1.29. The van der Waals surface area contributed by atoms with Gasteiger partial charge in [0.15, 0.2) is 0 Å². The van der Waals surface area contributed by atoms with Crippen LogP contribution >= 0.6 is 0 Å². The molecule has 1 rings (SSSR count). The largest absolute Gasteiger partial charge is 0.506 e. The lowest BCUT2D eigenvalue weighted by molar-refractivity contribution is 0.159. The quantitative estimate of drug-likeness (QED) is 0.436. The molecular weight excluding hydrogens is 162 g/mol. The van der Waals surface area contributed by atoms with Crippen LogP contribution in [0.1, 0.15) is 0 Å². The summed E-state index contributed by atoms with van der Waals surface area (Å²) in [4.78, 5) is 10.2.